The van der Waals surface area contributed by atoms with Crippen molar-refractivity contribution in [3.8, 4) is 0 Å². The molecule has 0 bridgehead atoms. The van der Waals surface area contributed by atoms with Gasteiger partial charge in [-0.05, 0) is 13.3 Å². The number of allylic oxidation sites excluding steroid dienone is 1. The first-order valence-corrected chi connectivity index (χ1v) is 7.19. The van der Waals surface area contributed by atoms with Crippen LogP contribution >= 0.6 is 0 Å². The number of ether oxygens (including phenoxy) is 1. The molecule has 116 valence electrons. The summed E-state index contributed by atoms with van der Waals surface area (Å²) < 4.78 is 8.47. The maximum absolute atomic E-state index is 12.3. The van der Waals surface area contributed by atoms with Crippen molar-refractivity contribution in [1.82, 2.24) is 24.5 Å². The van der Waals surface area contributed by atoms with E-state index in [4.69, 9.17) is 4.74 Å². The molecule has 0 aromatic carbocycles. The molecule has 3 rings (SSSR count). The minimum atomic E-state index is -0.388. The second-order valence-electron chi connectivity index (χ2n) is 4.92. The van der Waals surface area contributed by atoms with Crippen LogP contribution in [0.25, 0.3) is 0 Å². The number of methoxy groups -OCH3 is 1. The molecule has 0 radical (unpaired) electrons. The van der Waals surface area contributed by atoms with Crippen LogP contribution < -0.4 is 5.32 Å². The molecule has 1 N–H and O–H groups in total. The predicted octanol–water partition coefficient (Wildman–Crippen LogP) is 1.35. The van der Waals surface area contributed by atoms with Crippen LogP contribution in [0.1, 0.15) is 31.9 Å². The van der Waals surface area contributed by atoms with Crippen molar-refractivity contribution < 1.29 is 9.53 Å². The summed E-state index contributed by atoms with van der Waals surface area (Å²) in [5.74, 6) is 0.235. The Labute approximate surface area is 127 Å². The Morgan fingerprint density at radius 2 is 2.23 bits per heavy atom. The van der Waals surface area contributed by atoms with Crippen molar-refractivity contribution in [2.24, 2.45) is 0 Å². The van der Waals surface area contributed by atoms with Gasteiger partial charge >= 0.3 is 5.97 Å². The van der Waals surface area contributed by atoms with Crippen LogP contribution in [-0.4, -0.2) is 37.6 Å². The van der Waals surface area contributed by atoms with E-state index >= 15 is 0 Å². The van der Waals surface area contributed by atoms with E-state index in [-0.39, 0.29) is 12.0 Å². The van der Waals surface area contributed by atoms with E-state index in [9.17, 15) is 4.79 Å². The standard InChI is InChI=1S/C14H18N6O2/c1-4-10-11(13(21)22-3)12(9-6-16-19(5-2)7-9)20-14(18-10)15-8-17-20/h6-8,12H,4-5H2,1-3H3,(H,15,17,18)/t12-/m0/s1. The molecule has 2 aromatic rings. The van der Waals surface area contributed by atoms with E-state index in [0.717, 1.165) is 17.8 Å². The van der Waals surface area contributed by atoms with Crippen LogP contribution in [0.2, 0.25) is 0 Å². The minimum Gasteiger partial charge on any atom is -0.466 e. The van der Waals surface area contributed by atoms with E-state index in [2.05, 4.69) is 20.5 Å². The summed E-state index contributed by atoms with van der Waals surface area (Å²) >= 11 is 0. The monoisotopic (exact) mass is 302 g/mol. The number of esters is 1. The van der Waals surface area contributed by atoms with Crippen LogP contribution in [0.5, 0.6) is 0 Å². The van der Waals surface area contributed by atoms with Crippen molar-refractivity contribution in [1.29, 1.82) is 0 Å². The molecule has 0 aliphatic carbocycles. The zero-order valence-electron chi connectivity index (χ0n) is 12.8. The van der Waals surface area contributed by atoms with Crippen LogP contribution in [0.15, 0.2) is 30.0 Å². The highest BCUT2D eigenvalue weighted by atomic mass is 16.5. The summed E-state index contributed by atoms with van der Waals surface area (Å²) in [5, 5.41) is 11.7. The number of nitrogens with one attached hydrogen (secondary N) is 1. The molecule has 8 nitrogen and oxygen atoms in total. The minimum absolute atomic E-state index is 0.375. The highest BCUT2D eigenvalue weighted by Crippen LogP contribution is 2.35. The third kappa shape index (κ3) is 2.16. The molecule has 0 saturated carbocycles. The number of carbonyl (C=O) groups is 1. The first kappa shape index (κ1) is 14.3. The molecule has 1 aliphatic heterocycles. The van der Waals surface area contributed by atoms with Crippen LogP contribution in [0, 0.1) is 0 Å². The molecule has 22 heavy (non-hydrogen) atoms. The third-order valence-corrected chi connectivity index (χ3v) is 3.73. The van der Waals surface area contributed by atoms with Gasteiger partial charge in [0.05, 0.1) is 18.9 Å². The van der Waals surface area contributed by atoms with E-state index in [1.165, 1.54) is 13.4 Å². The van der Waals surface area contributed by atoms with Crippen molar-refractivity contribution in [2.45, 2.75) is 32.9 Å². The Hall–Kier alpha value is -2.64. The van der Waals surface area contributed by atoms with Gasteiger partial charge in [0.15, 0.2) is 0 Å². The lowest BCUT2D eigenvalue weighted by atomic mass is 9.97. The molecule has 0 fully saturated rings. The molecular weight excluding hydrogens is 284 g/mol. The quantitative estimate of drug-likeness (QED) is 0.858. The molecule has 2 aromatic heterocycles. The predicted molar refractivity (Wildman–Crippen MR) is 79.0 cm³/mol. The third-order valence-electron chi connectivity index (χ3n) is 3.73. The molecular formula is C14H18N6O2. The van der Waals surface area contributed by atoms with E-state index in [0.29, 0.717) is 17.9 Å². The largest absolute Gasteiger partial charge is 0.466 e. The zero-order valence-corrected chi connectivity index (χ0v) is 12.8. The Balaban J connectivity index is 2.17. The number of fused-ring (bicyclic) bond motifs is 1. The van der Waals surface area contributed by atoms with Crippen molar-refractivity contribution in [3.63, 3.8) is 0 Å². The molecule has 8 heteroatoms. The lowest BCUT2D eigenvalue weighted by molar-refractivity contribution is -0.136. The summed E-state index contributed by atoms with van der Waals surface area (Å²) in [6.45, 7) is 4.74. The van der Waals surface area contributed by atoms with Crippen LogP contribution in [0.3, 0.4) is 0 Å². The summed E-state index contributed by atoms with van der Waals surface area (Å²) in [6, 6.07) is -0.388. The number of carbonyl (C=O) groups excluding carboxylic acids is 1. The number of anilines is 1. The molecule has 3 heterocycles. The zero-order chi connectivity index (χ0) is 15.7. The fraction of sp³-hybridized carbons (Fsp3) is 0.429. The average molecular weight is 302 g/mol. The summed E-state index contributed by atoms with van der Waals surface area (Å²) in [6.07, 6.45) is 5.79. The fourth-order valence-corrected chi connectivity index (χ4v) is 2.64. The highest BCUT2D eigenvalue weighted by molar-refractivity contribution is 5.92. The van der Waals surface area contributed by atoms with Gasteiger partial charge in [0.2, 0.25) is 5.95 Å². The van der Waals surface area contributed by atoms with Crippen molar-refractivity contribution >= 4 is 11.9 Å². The first-order chi connectivity index (χ1) is 10.7. The summed E-state index contributed by atoms with van der Waals surface area (Å²) in [7, 11) is 1.38. The molecule has 0 unspecified atom stereocenters. The van der Waals surface area contributed by atoms with Gasteiger partial charge in [-0.25, -0.2) is 9.48 Å². The first-order valence-electron chi connectivity index (χ1n) is 7.19. The maximum atomic E-state index is 12.3. The van der Waals surface area contributed by atoms with Crippen LogP contribution in [-0.2, 0) is 16.1 Å². The van der Waals surface area contributed by atoms with Crippen molar-refractivity contribution in [2.75, 3.05) is 12.4 Å². The van der Waals surface area contributed by atoms with E-state index < -0.39 is 0 Å². The van der Waals surface area contributed by atoms with Crippen LogP contribution in [0.4, 0.5) is 5.95 Å². The second-order valence-corrected chi connectivity index (χ2v) is 4.92. The van der Waals surface area contributed by atoms with E-state index in [1.807, 2.05) is 24.7 Å². The van der Waals surface area contributed by atoms with Crippen molar-refractivity contribution in [3.05, 3.63) is 35.6 Å². The maximum Gasteiger partial charge on any atom is 0.338 e. The number of aromatic nitrogens is 5. The SMILES string of the molecule is CCC1=C(C(=O)OC)[C@H](c2cnn(CC)c2)n2ncnc2N1. The van der Waals surface area contributed by atoms with Gasteiger partial charge in [-0.15, -0.1) is 0 Å². The molecule has 0 amide bonds. The molecule has 1 aliphatic rings. The molecule has 0 saturated heterocycles. The second kappa shape index (κ2) is 5.63. The van der Waals surface area contributed by atoms with E-state index in [1.54, 1.807) is 10.9 Å². The Morgan fingerprint density at radius 1 is 1.41 bits per heavy atom. The molecule has 0 spiro atoms. The highest BCUT2D eigenvalue weighted by Gasteiger charge is 2.35. The Morgan fingerprint density at radius 3 is 2.86 bits per heavy atom. The number of aryl methyl sites for hydroxylation is 1. The van der Waals surface area contributed by atoms with Gasteiger partial charge in [0, 0.05) is 24.0 Å². The van der Waals surface area contributed by atoms with Gasteiger partial charge in [0.1, 0.15) is 12.4 Å². The average Bonchev–Trinajstić information content (AvgIpc) is 3.20. The van der Waals surface area contributed by atoms with Gasteiger partial charge in [0.25, 0.3) is 0 Å². The lowest BCUT2D eigenvalue weighted by Gasteiger charge is -2.27. The summed E-state index contributed by atoms with van der Waals surface area (Å²) in [4.78, 5) is 16.5. The molecule has 1 atom stereocenters. The number of nitrogens with zero attached hydrogens (tertiary/aromatic N) is 5. The van der Waals surface area contributed by atoms with Gasteiger partial charge in [-0.2, -0.15) is 15.2 Å². The van der Waals surface area contributed by atoms with Gasteiger partial charge in [-0.1, -0.05) is 6.92 Å². The topological polar surface area (TPSA) is 86.9 Å². The number of rotatable bonds is 4. The lowest BCUT2D eigenvalue weighted by Crippen LogP contribution is -2.29. The summed E-state index contributed by atoms with van der Waals surface area (Å²) in [5.41, 5.74) is 2.21. The number of hydrogen-bond donors (Lipinski definition) is 1. The van der Waals surface area contributed by atoms with Gasteiger partial charge < -0.3 is 10.1 Å². The fourth-order valence-electron chi connectivity index (χ4n) is 2.64. The number of hydrogen-bond acceptors (Lipinski definition) is 6. The Kier molecular flexibility index (Phi) is 3.66. The Bertz CT molecular complexity index is 729. The smallest absolute Gasteiger partial charge is 0.338 e. The normalized spacial score (nSPS) is 17.1. The van der Waals surface area contributed by atoms with Gasteiger partial charge in [-0.3, -0.25) is 4.68 Å².